The number of nitrogens with zero attached hydrogens (tertiary/aromatic N) is 4. The van der Waals surface area contributed by atoms with Crippen LogP contribution in [0.25, 0.3) is 0 Å². The first-order chi connectivity index (χ1) is 16.4. The van der Waals surface area contributed by atoms with E-state index in [1.54, 1.807) is 40.9 Å². The molecule has 0 fully saturated rings. The molecule has 35 heavy (non-hydrogen) atoms. The van der Waals surface area contributed by atoms with Gasteiger partial charge in [-0.05, 0) is 51.5 Å². The Morgan fingerprint density at radius 2 is 1.74 bits per heavy atom. The van der Waals surface area contributed by atoms with Crippen molar-refractivity contribution in [3.63, 3.8) is 0 Å². The topological polar surface area (TPSA) is 141 Å². The fourth-order valence-corrected chi connectivity index (χ4v) is 2.84. The quantitative estimate of drug-likeness (QED) is 0.511. The highest BCUT2D eigenvalue weighted by molar-refractivity contribution is 5.91. The number of carboxylic acid groups (broad SMARTS) is 1. The first kappa shape index (κ1) is 27.4. The summed E-state index contributed by atoms with van der Waals surface area (Å²) in [5.41, 5.74) is 0.0399. The minimum atomic E-state index is -1.26. The molecule has 1 unspecified atom stereocenters. The van der Waals surface area contributed by atoms with Gasteiger partial charge in [0.25, 0.3) is 0 Å². The Labute approximate surface area is 204 Å². The lowest BCUT2D eigenvalue weighted by Crippen LogP contribution is -2.40. The van der Waals surface area contributed by atoms with E-state index in [2.05, 4.69) is 10.2 Å². The van der Waals surface area contributed by atoms with Crippen molar-refractivity contribution in [1.29, 1.82) is 0 Å². The van der Waals surface area contributed by atoms with Gasteiger partial charge in [-0.2, -0.15) is 10.2 Å². The molecule has 2 amide bonds. The Morgan fingerprint density at radius 3 is 2.31 bits per heavy atom. The summed E-state index contributed by atoms with van der Waals surface area (Å²) in [5.74, 6) is -1.62. The van der Waals surface area contributed by atoms with Crippen molar-refractivity contribution in [2.24, 2.45) is 16.1 Å². The molecule has 1 aliphatic carbocycles. The van der Waals surface area contributed by atoms with Crippen molar-refractivity contribution >= 4 is 23.8 Å². The van der Waals surface area contributed by atoms with E-state index < -0.39 is 23.8 Å². The number of azo groups is 1. The van der Waals surface area contributed by atoms with Gasteiger partial charge in [-0.1, -0.05) is 12.2 Å². The van der Waals surface area contributed by atoms with Gasteiger partial charge in [-0.25, -0.2) is 14.4 Å². The fourth-order valence-electron chi connectivity index (χ4n) is 2.84. The van der Waals surface area contributed by atoms with E-state index in [-0.39, 0.29) is 23.8 Å². The predicted molar refractivity (Wildman–Crippen MR) is 128 cm³/mol. The number of benzene rings is 1. The monoisotopic (exact) mass is 488 g/mol. The predicted octanol–water partition coefficient (Wildman–Crippen LogP) is 4.57. The summed E-state index contributed by atoms with van der Waals surface area (Å²) in [6, 6.07) is 3.95. The normalized spacial score (nSPS) is 15.5. The number of aromatic hydroxyl groups is 1. The van der Waals surface area contributed by atoms with E-state index >= 15 is 0 Å². The van der Waals surface area contributed by atoms with Gasteiger partial charge in [0, 0.05) is 33.1 Å². The molecule has 1 aromatic rings. The molecular formula is C24H32N4O7. The minimum absolute atomic E-state index is 0.0250. The average Bonchev–Trinajstić information content (AvgIpc) is 2.79. The van der Waals surface area contributed by atoms with E-state index in [1.165, 1.54) is 28.0 Å². The maximum absolute atomic E-state index is 12.3. The molecule has 1 atom stereocenters. The SMILES string of the molecule is CN(CCN(C)C(=O)OC(C)(C)C)C(=O)OCC1C=CC(/N=N/c2ccc(O)c(C(=O)O)c2)=CC1. The number of ether oxygens (including phenoxy) is 2. The molecule has 0 bridgehead atoms. The van der Waals surface area contributed by atoms with Crippen molar-refractivity contribution in [3.8, 4) is 5.75 Å². The maximum Gasteiger partial charge on any atom is 0.410 e. The smallest absolute Gasteiger partial charge is 0.410 e. The lowest BCUT2D eigenvalue weighted by atomic mass is 10.0. The van der Waals surface area contributed by atoms with Crippen molar-refractivity contribution in [2.75, 3.05) is 33.8 Å². The second kappa shape index (κ2) is 12.0. The van der Waals surface area contributed by atoms with Gasteiger partial charge in [0.15, 0.2) is 0 Å². The first-order valence-corrected chi connectivity index (χ1v) is 11.0. The largest absolute Gasteiger partial charge is 0.507 e. The molecule has 2 rings (SSSR count). The van der Waals surface area contributed by atoms with Gasteiger partial charge in [-0.3, -0.25) is 0 Å². The fraction of sp³-hybridized carbons (Fsp3) is 0.458. The van der Waals surface area contributed by atoms with E-state index in [1.807, 2.05) is 12.2 Å². The summed E-state index contributed by atoms with van der Waals surface area (Å²) >= 11 is 0. The molecule has 2 N–H and O–H groups in total. The van der Waals surface area contributed by atoms with Crippen molar-refractivity contribution < 1.29 is 34.1 Å². The van der Waals surface area contributed by atoms with Gasteiger partial charge in [0.2, 0.25) is 0 Å². The lowest BCUT2D eigenvalue weighted by Gasteiger charge is -2.26. The zero-order valence-electron chi connectivity index (χ0n) is 20.6. The molecular weight excluding hydrogens is 456 g/mol. The van der Waals surface area contributed by atoms with Crippen LogP contribution in [-0.2, 0) is 9.47 Å². The van der Waals surface area contributed by atoms with E-state index in [9.17, 15) is 19.5 Å². The summed E-state index contributed by atoms with van der Waals surface area (Å²) in [6.45, 7) is 6.14. The zero-order valence-corrected chi connectivity index (χ0v) is 20.6. The minimum Gasteiger partial charge on any atom is -0.507 e. The van der Waals surface area contributed by atoms with Crippen LogP contribution in [0.2, 0.25) is 0 Å². The van der Waals surface area contributed by atoms with E-state index in [0.717, 1.165) is 0 Å². The maximum atomic E-state index is 12.3. The molecule has 0 saturated heterocycles. The summed E-state index contributed by atoms with van der Waals surface area (Å²) in [6.07, 6.45) is 5.06. The number of rotatable bonds is 8. The van der Waals surface area contributed by atoms with Crippen LogP contribution in [0.5, 0.6) is 5.75 Å². The van der Waals surface area contributed by atoms with Crippen LogP contribution in [0.4, 0.5) is 15.3 Å². The summed E-state index contributed by atoms with van der Waals surface area (Å²) in [5, 5.41) is 26.7. The third kappa shape index (κ3) is 9.11. The van der Waals surface area contributed by atoms with Crippen LogP contribution in [0.3, 0.4) is 0 Å². The number of amides is 2. The molecule has 11 heteroatoms. The Morgan fingerprint density at radius 1 is 1.09 bits per heavy atom. The molecule has 1 aliphatic rings. The Bertz CT molecular complexity index is 1030. The number of hydrogen-bond acceptors (Lipinski definition) is 8. The zero-order chi connectivity index (χ0) is 26.2. The second-order valence-electron chi connectivity index (χ2n) is 9.09. The molecule has 11 nitrogen and oxygen atoms in total. The number of phenols is 1. The molecule has 190 valence electrons. The molecule has 0 spiro atoms. The molecule has 0 aliphatic heterocycles. The van der Waals surface area contributed by atoms with Crippen LogP contribution in [0, 0.1) is 5.92 Å². The number of carbonyl (C=O) groups excluding carboxylic acids is 2. The second-order valence-corrected chi connectivity index (χ2v) is 9.09. The van der Waals surface area contributed by atoms with Crippen molar-refractivity contribution in [1.82, 2.24) is 9.80 Å². The number of aromatic carboxylic acids is 1. The average molecular weight is 489 g/mol. The summed E-state index contributed by atoms with van der Waals surface area (Å²) in [7, 11) is 3.20. The van der Waals surface area contributed by atoms with Gasteiger partial charge in [0.05, 0.1) is 18.0 Å². The standard InChI is InChI=1S/C24H32N4O7/c1-24(2,3)35-23(33)28(5)13-12-27(4)22(32)34-15-16-6-8-17(9-7-16)25-26-18-10-11-20(29)19(14-18)21(30)31/h6,8-11,14,16,29H,7,12-13,15H2,1-5H3,(H,30,31)/b26-25+. The number of likely N-dealkylation sites (N-methyl/N-ethyl adjacent to an activating group) is 2. The highest BCUT2D eigenvalue weighted by Gasteiger charge is 2.21. The lowest BCUT2D eigenvalue weighted by molar-refractivity contribution is 0.0280. The molecule has 0 radical (unpaired) electrons. The third-order valence-electron chi connectivity index (χ3n) is 4.87. The third-order valence-corrected chi connectivity index (χ3v) is 4.87. The van der Waals surface area contributed by atoms with Gasteiger partial charge >= 0.3 is 18.2 Å². The first-order valence-electron chi connectivity index (χ1n) is 11.0. The van der Waals surface area contributed by atoms with Crippen LogP contribution < -0.4 is 0 Å². The number of carboxylic acids is 1. The summed E-state index contributed by atoms with van der Waals surface area (Å²) < 4.78 is 10.6. The molecule has 0 aromatic heterocycles. The van der Waals surface area contributed by atoms with Gasteiger partial charge in [-0.15, -0.1) is 0 Å². The molecule has 0 saturated carbocycles. The Balaban J connectivity index is 1.77. The Hall–Kier alpha value is -3.89. The Kier molecular flexibility index (Phi) is 9.38. The van der Waals surface area contributed by atoms with E-state index in [0.29, 0.717) is 30.9 Å². The van der Waals surface area contributed by atoms with Gasteiger partial charge in [0.1, 0.15) is 16.9 Å². The summed E-state index contributed by atoms with van der Waals surface area (Å²) in [4.78, 5) is 38.1. The van der Waals surface area contributed by atoms with Crippen LogP contribution in [0.1, 0.15) is 37.6 Å². The molecule has 1 aromatic carbocycles. The van der Waals surface area contributed by atoms with Crippen LogP contribution in [-0.4, -0.2) is 77.6 Å². The van der Waals surface area contributed by atoms with Crippen LogP contribution >= 0.6 is 0 Å². The van der Waals surface area contributed by atoms with Gasteiger partial charge < -0.3 is 29.5 Å². The molecule has 0 heterocycles. The number of carbonyl (C=O) groups is 3. The van der Waals surface area contributed by atoms with Crippen LogP contribution in [0.15, 0.2) is 52.4 Å². The van der Waals surface area contributed by atoms with Crippen molar-refractivity contribution in [2.45, 2.75) is 32.8 Å². The highest BCUT2D eigenvalue weighted by Crippen LogP contribution is 2.25. The highest BCUT2D eigenvalue weighted by atomic mass is 16.6. The number of allylic oxidation sites excluding steroid dienone is 2. The van der Waals surface area contributed by atoms with E-state index in [4.69, 9.17) is 14.6 Å². The van der Waals surface area contributed by atoms with Crippen molar-refractivity contribution in [3.05, 3.63) is 47.7 Å². The number of hydrogen-bond donors (Lipinski definition) is 2.